The van der Waals surface area contributed by atoms with Crippen molar-refractivity contribution in [2.45, 2.75) is 45.4 Å². The monoisotopic (exact) mass is 259 g/mol. The molecule has 0 N–H and O–H groups in total. The van der Waals surface area contributed by atoms with Gasteiger partial charge >= 0.3 is 0 Å². The molecular formula is C16H21NO2. The summed E-state index contributed by atoms with van der Waals surface area (Å²) in [5, 5.41) is 0. The number of para-hydroxylation sites is 1. The second-order valence-electron chi connectivity index (χ2n) is 5.05. The predicted molar refractivity (Wildman–Crippen MR) is 76.5 cm³/mol. The number of benzene rings is 1. The van der Waals surface area contributed by atoms with Crippen LogP contribution in [0.4, 0.5) is 5.69 Å². The highest BCUT2D eigenvalue weighted by Crippen LogP contribution is 2.27. The van der Waals surface area contributed by atoms with E-state index < -0.39 is 0 Å². The largest absolute Gasteiger partial charge is 0.311 e. The van der Waals surface area contributed by atoms with E-state index in [0.29, 0.717) is 24.9 Å². The zero-order valence-electron chi connectivity index (χ0n) is 11.5. The van der Waals surface area contributed by atoms with Gasteiger partial charge in [0.15, 0.2) is 5.78 Å². The number of ketones is 1. The van der Waals surface area contributed by atoms with E-state index in [2.05, 4.69) is 6.92 Å². The molecule has 0 saturated carbocycles. The number of carbonyl (C=O) groups is 2. The SMILES string of the molecule is CCCCCCC(=O)N1CCC(=O)c2ccccc21. The van der Waals surface area contributed by atoms with E-state index in [1.807, 2.05) is 24.3 Å². The molecule has 1 aliphatic rings. The van der Waals surface area contributed by atoms with Crippen molar-refractivity contribution in [3.8, 4) is 0 Å². The highest BCUT2D eigenvalue weighted by atomic mass is 16.2. The van der Waals surface area contributed by atoms with Crippen LogP contribution in [0.5, 0.6) is 0 Å². The van der Waals surface area contributed by atoms with Gasteiger partial charge in [-0.15, -0.1) is 0 Å². The minimum Gasteiger partial charge on any atom is -0.311 e. The molecule has 3 nitrogen and oxygen atoms in total. The van der Waals surface area contributed by atoms with E-state index in [-0.39, 0.29) is 11.7 Å². The van der Waals surface area contributed by atoms with Crippen molar-refractivity contribution in [2.75, 3.05) is 11.4 Å². The summed E-state index contributed by atoms with van der Waals surface area (Å²) in [6.07, 6.45) is 5.44. The van der Waals surface area contributed by atoms with E-state index in [1.165, 1.54) is 12.8 Å². The van der Waals surface area contributed by atoms with Crippen LogP contribution in [0.3, 0.4) is 0 Å². The fraction of sp³-hybridized carbons (Fsp3) is 0.500. The number of fused-ring (bicyclic) bond motifs is 1. The highest BCUT2D eigenvalue weighted by Gasteiger charge is 2.26. The summed E-state index contributed by atoms with van der Waals surface area (Å²) in [4.78, 5) is 25.8. The Morgan fingerprint density at radius 3 is 2.79 bits per heavy atom. The minimum absolute atomic E-state index is 0.144. The van der Waals surface area contributed by atoms with Gasteiger partial charge in [0.1, 0.15) is 0 Å². The molecule has 1 aromatic rings. The second kappa shape index (κ2) is 6.50. The number of anilines is 1. The van der Waals surface area contributed by atoms with Crippen molar-refractivity contribution in [1.82, 2.24) is 0 Å². The molecule has 0 unspecified atom stereocenters. The van der Waals surface area contributed by atoms with Gasteiger partial charge in [-0.05, 0) is 18.6 Å². The molecule has 0 spiro atoms. The lowest BCUT2D eigenvalue weighted by Crippen LogP contribution is -2.37. The smallest absolute Gasteiger partial charge is 0.227 e. The zero-order chi connectivity index (χ0) is 13.7. The normalized spacial score (nSPS) is 14.4. The Morgan fingerprint density at radius 1 is 1.21 bits per heavy atom. The molecule has 0 saturated heterocycles. The van der Waals surface area contributed by atoms with Gasteiger partial charge in [0.25, 0.3) is 0 Å². The number of hydrogen-bond donors (Lipinski definition) is 0. The molecule has 19 heavy (non-hydrogen) atoms. The maximum atomic E-state index is 12.2. The van der Waals surface area contributed by atoms with Crippen LogP contribution >= 0.6 is 0 Å². The molecule has 0 bridgehead atoms. The lowest BCUT2D eigenvalue weighted by Gasteiger charge is -2.28. The number of carbonyl (C=O) groups excluding carboxylic acids is 2. The standard InChI is InChI=1S/C16H21NO2/c1-2-3-4-5-10-16(19)17-12-11-15(18)13-8-6-7-9-14(13)17/h6-9H,2-5,10-12H2,1H3. The van der Waals surface area contributed by atoms with Crippen molar-refractivity contribution in [1.29, 1.82) is 0 Å². The van der Waals surface area contributed by atoms with Crippen molar-refractivity contribution >= 4 is 17.4 Å². The molecule has 3 heteroatoms. The molecule has 0 aliphatic carbocycles. The third-order valence-electron chi connectivity index (χ3n) is 3.60. The molecule has 0 radical (unpaired) electrons. The Hall–Kier alpha value is -1.64. The summed E-state index contributed by atoms with van der Waals surface area (Å²) >= 11 is 0. The fourth-order valence-corrected chi connectivity index (χ4v) is 2.51. The number of amides is 1. The van der Waals surface area contributed by atoms with Crippen molar-refractivity contribution < 1.29 is 9.59 Å². The average Bonchev–Trinajstić information content (AvgIpc) is 2.44. The second-order valence-corrected chi connectivity index (χ2v) is 5.05. The lowest BCUT2D eigenvalue weighted by molar-refractivity contribution is -0.118. The van der Waals surface area contributed by atoms with Crippen LogP contribution in [0.1, 0.15) is 55.8 Å². The van der Waals surface area contributed by atoms with Gasteiger partial charge in [-0.3, -0.25) is 9.59 Å². The summed E-state index contributed by atoms with van der Waals surface area (Å²) in [5.74, 6) is 0.293. The summed E-state index contributed by atoms with van der Waals surface area (Å²) in [6, 6.07) is 7.42. The van der Waals surface area contributed by atoms with Gasteiger partial charge < -0.3 is 4.90 Å². The summed E-state index contributed by atoms with van der Waals surface area (Å²) in [7, 11) is 0. The molecule has 2 rings (SSSR count). The van der Waals surface area contributed by atoms with Crippen molar-refractivity contribution in [2.24, 2.45) is 0 Å². The van der Waals surface area contributed by atoms with Crippen molar-refractivity contribution in [3.05, 3.63) is 29.8 Å². The van der Waals surface area contributed by atoms with E-state index >= 15 is 0 Å². The van der Waals surface area contributed by atoms with Crippen LogP contribution in [-0.4, -0.2) is 18.2 Å². The first-order chi connectivity index (χ1) is 9.24. The Morgan fingerprint density at radius 2 is 2.00 bits per heavy atom. The van der Waals surface area contributed by atoms with E-state index in [0.717, 1.165) is 18.5 Å². The van der Waals surface area contributed by atoms with Crippen LogP contribution in [0, 0.1) is 0 Å². The molecule has 102 valence electrons. The summed E-state index contributed by atoms with van der Waals surface area (Å²) in [6.45, 7) is 2.69. The molecule has 1 aliphatic heterocycles. The Balaban J connectivity index is 2.03. The topological polar surface area (TPSA) is 37.4 Å². The number of hydrogen-bond acceptors (Lipinski definition) is 2. The lowest BCUT2D eigenvalue weighted by atomic mass is 10.00. The quantitative estimate of drug-likeness (QED) is 0.758. The Bertz CT molecular complexity index is 468. The van der Waals surface area contributed by atoms with Gasteiger partial charge in [-0.2, -0.15) is 0 Å². The van der Waals surface area contributed by atoms with E-state index in [4.69, 9.17) is 0 Å². The molecule has 1 aromatic carbocycles. The first kappa shape index (κ1) is 13.8. The highest BCUT2D eigenvalue weighted by molar-refractivity contribution is 6.08. The van der Waals surface area contributed by atoms with Crippen LogP contribution in [0.2, 0.25) is 0 Å². The fourth-order valence-electron chi connectivity index (χ4n) is 2.51. The van der Waals surface area contributed by atoms with Crippen LogP contribution in [0.15, 0.2) is 24.3 Å². The molecular weight excluding hydrogens is 238 g/mol. The molecule has 0 aromatic heterocycles. The van der Waals surface area contributed by atoms with Crippen LogP contribution in [0.25, 0.3) is 0 Å². The van der Waals surface area contributed by atoms with Crippen LogP contribution < -0.4 is 4.90 Å². The summed E-state index contributed by atoms with van der Waals surface area (Å²) in [5.41, 5.74) is 1.48. The first-order valence-corrected chi connectivity index (χ1v) is 7.16. The number of rotatable bonds is 5. The first-order valence-electron chi connectivity index (χ1n) is 7.16. The molecule has 1 heterocycles. The number of Topliss-reactive ketones (excluding diaryl/α,β-unsaturated/α-hetero) is 1. The molecule has 1 amide bonds. The van der Waals surface area contributed by atoms with Gasteiger partial charge in [0, 0.05) is 24.9 Å². The number of unbranched alkanes of at least 4 members (excludes halogenated alkanes) is 3. The number of nitrogens with zero attached hydrogens (tertiary/aromatic N) is 1. The summed E-state index contributed by atoms with van der Waals surface area (Å²) < 4.78 is 0. The van der Waals surface area contributed by atoms with E-state index in [9.17, 15) is 9.59 Å². The third-order valence-corrected chi connectivity index (χ3v) is 3.60. The third kappa shape index (κ3) is 3.22. The maximum absolute atomic E-state index is 12.2. The average molecular weight is 259 g/mol. The molecule has 0 atom stereocenters. The van der Waals surface area contributed by atoms with Gasteiger partial charge in [0.05, 0.1) is 5.69 Å². The van der Waals surface area contributed by atoms with Gasteiger partial charge in [-0.1, -0.05) is 38.3 Å². The Labute approximate surface area is 114 Å². The zero-order valence-corrected chi connectivity index (χ0v) is 11.5. The van der Waals surface area contributed by atoms with Gasteiger partial charge in [-0.25, -0.2) is 0 Å². The van der Waals surface area contributed by atoms with Gasteiger partial charge in [0.2, 0.25) is 5.91 Å². The minimum atomic E-state index is 0.144. The van der Waals surface area contributed by atoms with E-state index in [1.54, 1.807) is 4.90 Å². The van der Waals surface area contributed by atoms with Crippen LogP contribution in [-0.2, 0) is 4.79 Å². The molecule has 0 fully saturated rings. The predicted octanol–water partition coefficient (Wildman–Crippen LogP) is 3.58. The maximum Gasteiger partial charge on any atom is 0.227 e. The van der Waals surface area contributed by atoms with Crippen molar-refractivity contribution in [3.63, 3.8) is 0 Å². The Kier molecular flexibility index (Phi) is 4.72.